The van der Waals surface area contributed by atoms with Gasteiger partial charge in [-0.05, 0) is 46.1 Å². The lowest BCUT2D eigenvalue weighted by molar-refractivity contribution is -0.803. The standard InChI is InChI=1S/C20H15F3N5O3/c21-20(22,23)13-3-1-4-16(9-13)31-12-15(29)7-6-14-11-28(24)18(10-25-14)26-19(27-28)17-5-2-8-30-17/h1-5,8-11,15,29H,12,24H2/q+1. The first-order valence-electron chi connectivity index (χ1n) is 8.90. The molecule has 0 spiro atoms. The molecule has 0 bridgehead atoms. The lowest BCUT2D eigenvalue weighted by atomic mass is 10.2. The van der Waals surface area contributed by atoms with Gasteiger partial charge in [-0.1, -0.05) is 12.0 Å². The highest BCUT2D eigenvalue weighted by Crippen LogP contribution is 2.31. The number of fused-ring (bicyclic) bond motifs is 1. The molecule has 4 rings (SSSR count). The minimum atomic E-state index is -4.48. The number of amidine groups is 2. The molecule has 2 unspecified atom stereocenters. The summed E-state index contributed by atoms with van der Waals surface area (Å²) in [6.45, 7) is -0.332. The van der Waals surface area contributed by atoms with Gasteiger partial charge < -0.3 is 14.3 Å². The number of hydrogen-bond acceptors (Lipinski definition) is 7. The average molecular weight is 430 g/mol. The zero-order valence-corrected chi connectivity index (χ0v) is 15.7. The highest BCUT2D eigenvalue weighted by molar-refractivity contribution is 6.31. The summed E-state index contributed by atoms with van der Waals surface area (Å²) in [6.07, 6.45) is -1.44. The molecule has 2 aliphatic rings. The number of rotatable bonds is 4. The van der Waals surface area contributed by atoms with Crippen molar-refractivity contribution >= 4 is 17.9 Å². The maximum Gasteiger partial charge on any atom is 0.416 e. The zero-order chi connectivity index (χ0) is 22.1. The summed E-state index contributed by atoms with van der Waals surface area (Å²) in [6, 6.07) is 7.73. The Morgan fingerprint density at radius 3 is 2.84 bits per heavy atom. The Hall–Kier alpha value is -3.72. The first-order chi connectivity index (χ1) is 14.7. The molecule has 11 heteroatoms. The van der Waals surface area contributed by atoms with Crippen LogP contribution in [0.15, 0.2) is 74.1 Å². The van der Waals surface area contributed by atoms with Crippen LogP contribution < -0.4 is 10.6 Å². The van der Waals surface area contributed by atoms with E-state index in [1.807, 2.05) is 0 Å². The van der Waals surface area contributed by atoms with E-state index in [1.54, 1.807) is 12.1 Å². The quantitative estimate of drug-likeness (QED) is 0.442. The Bertz CT molecular complexity index is 1170. The third kappa shape index (κ3) is 4.56. The van der Waals surface area contributed by atoms with Gasteiger partial charge >= 0.3 is 6.18 Å². The highest BCUT2D eigenvalue weighted by atomic mass is 19.4. The van der Waals surface area contributed by atoms with Crippen molar-refractivity contribution < 1.29 is 32.1 Å². The Balaban J connectivity index is 1.41. The largest absolute Gasteiger partial charge is 0.490 e. The van der Waals surface area contributed by atoms with Gasteiger partial charge in [0.25, 0.3) is 11.7 Å². The number of aliphatic hydroxyl groups is 1. The van der Waals surface area contributed by atoms with Crippen molar-refractivity contribution in [3.05, 3.63) is 65.9 Å². The molecule has 3 heterocycles. The van der Waals surface area contributed by atoms with E-state index >= 15 is 0 Å². The average Bonchev–Trinajstić information content (AvgIpc) is 3.37. The highest BCUT2D eigenvalue weighted by Gasteiger charge is 2.39. The van der Waals surface area contributed by atoms with E-state index in [2.05, 4.69) is 26.9 Å². The summed E-state index contributed by atoms with van der Waals surface area (Å²) in [4.78, 5) is 8.39. The van der Waals surface area contributed by atoms with Crippen LogP contribution in [0.2, 0.25) is 0 Å². The number of aliphatic hydroxyl groups excluding tert-OH is 1. The molecule has 2 atom stereocenters. The number of halogens is 3. The maximum atomic E-state index is 12.7. The van der Waals surface area contributed by atoms with Crippen LogP contribution in [0.1, 0.15) is 11.3 Å². The van der Waals surface area contributed by atoms with Gasteiger partial charge in [-0.25, -0.2) is 4.99 Å². The number of nitrogens with two attached hydrogens (primary N) is 1. The first-order valence-corrected chi connectivity index (χ1v) is 8.90. The van der Waals surface area contributed by atoms with E-state index in [1.165, 1.54) is 30.8 Å². The second-order valence-electron chi connectivity index (χ2n) is 6.50. The van der Waals surface area contributed by atoms with Crippen LogP contribution in [0.25, 0.3) is 0 Å². The van der Waals surface area contributed by atoms with Gasteiger partial charge in [0.1, 0.15) is 24.7 Å². The molecule has 2 aromatic rings. The molecule has 0 amide bonds. The Kier molecular flexibility index (Phi) is 5.20. The SMILES string of the molecule is N[N+]12C=C(C#CC(O)COc3cccc(C(F)(F)F)c3)N=CC1=NC(c1ccco1)=N2. The molecule has 0 radical (unpaired) electrons. The van der Waals surface area contributed by atoms with Crippen molar-refractivity contribution in [2.45, 2.75) is 12.3 Å². The van der Waals surface area contributed by atoms with Crippen molar-refractivity contribution in [1.82, 2.24) is 0 Å². The molecule has 0 fully saturated rings. The molecule has 1 aromatic heterocycles. The van der Waals surface area contributed by atoms with Gasteiger partial charge in [0.15, 0.2) is 17.7 Å². The molecule has 0 saturated carbocycles. The van der Waals surface area contributed by atoms with Crippen LogP contribution in [0.5, 0.6) is 5.75 Å². The van der Waals surface area contributed by atoms with Crippen molar-refractivity contribution in [3.63, 3.8) is 0 Å². The summed E-state index contributed by atoms with van der Waals surface area (Å²) >= 11 is 0. The predicted molar refractivity (Wildman–Crippen MR) is 104 cm³/mol. The summed E-state index contributed by atoms with van der Waals surface area (Å²) in [7, 11) is 0. The smallest absolute Gasteiger partial charge is 0.416 e. The Labute approximate surface area is 174 Å². The van der Waals surface area contributed by atoms with Gasteiger partial charge in [-0.3, -0.25) is 0 Å². The fourth-order valence-electron chi connectivity index (χ4n) is 2.69. The molecule has 158 valence electrons. The number of benzene rings is 1. The van der Waals surface area contributed by atoms with E-state index in [0.717, 1.165) is 12.1 Å². The van der Waals surface area contributed by atoms with E-state index in [9.17, 15) is 18.3 Å². The van der Waals surface area contributed by atoms with Crippen LogP contribution in [0.4, 0.5) is 13.2 Å². The number of alkyl halides is 3. The van der Waals surface area contributed by atoms with Crippen molar-refractivity contribution in [2.24, 2.45) is 20.9 Å². The minimum Gasteiger partial charge on any atom is -0.490 e. The number of ether oxygens (including phenoxy) is 1. The first kappa shape index (κ1) is 20.5. The van der Waals surface area contributed by atoms with Crippen molar-refractivity contribution in [2.75, 3.05) is 6.61 Å². The second-order valence-corrected chi connectivity index (χ2v) is 6.50. The van der Waals surface area contributed by atoms with E-state index in [-0.39, 0.29) is 18.1 Å². The number of hydrogen-bond donors (Lipinski definition) is 2. The predicted octanol–water partition coefficient (Wildman–Crippen LogP) is 2.43. The second kappa shape index (κ2) is 7.84. The molecule has 31 heavy (non-hydrogen) atoms. The normalized spacial score (nSPS) is 20.7. The topological polar surface area (TPSA) is 106 Å². The lowest BCUT2D eigenvalue weighted by Crippen LogP contribution is -2.50. The fourth-order valence-corrected chi connectivity index (χ4v) is 2.69. The Morgan fingerprint density at radius 2 is 2.10 bits per heavy atom. The third-order valence-electron chi connectivity index (χ3n) is 4.16. The number of allylic oxidation sites excluding steroid dienone is 1. The van der Waals surface area contributed by atoms with Gasteiger partial charge in [0, 0.05) is 0 Å². The molecular weight excluding hydrogens is 415 g/mol. The molecule has 0 aliphatic carbocycles. The van der Waals surface area contributed by atoms with Gasteiger partial charge in [-0.2, -0.15) is 18.2 Å². The summed E-state index contributed by atoms with van der Waals surface area (Å²) in [5.74, 6) is 12.4. The van der Waals surface area contributed by atoms with E-state index < -0.39 is 22.5 Å². The lowest BCUT2D eigenvalue weighted by Gasteiger charge is -2.17. The monoisotopic (exact) mass is 430 g/mol. The van der Waals surface area contributed by atoms with Crippen LogP contribution in [-0.2, 0) is 6.18 Å². The van der Waals surface area contributed by atoms with Crippen molar-refractivity contribution in [1.29, 1.82) is 0 Å². The minimum absolute atomic E-state index is 0.0326. The van der Waals surface area contributed by atoms with E-state index in [0.29, 0.717) is 17.4 Å². The molecule has 2 aliphatic heterocycles. The van der Waals surface area contributed by atoms with Crippen molar-refractivity contribution in [3.8, 4) is 17.6 Å². The number of nitrogens with zero attached hydrogens (tertiary/aromatic N) is 4. The molecule has 0 saturated heterocycles. The van der Waals surface area contributed by atoms with Crippen LogP contribution in [0, 0.1) is 11.8 Å². The molecule has 1 aromatic carbocycles. The van der Waals surface area contributed by atoms with Gasteiger partial charge in [0.2, 0.25) is 0 Å². The summed E-state index contributed by atoms with van der Waals surface area (Å²) < 4.78 is 48.2. The van der Waals surface area contributed by atoms with Gasteiger partial charge in [-0.15, -0.1) is 5.84 Å². The third-order valence-corrected chi connectivity index (χ3v) is 4.16. The molecule has 3 N–H and O–H groups in total. The summed E-state index contributed by atoms with van der Waals surface area (Å²) in [5, 5.41) is 14.3. The number of quaternary nitrogens is 1. The van der Waals surface area contributed by atoms with Crippen LogP contribution in [0.3, 0.4) is 0 Å². The fraction of sp³-hybridized carbons (Fsp3) is 0.150. The number of aliphatic imine (C=N–C) groups is 2. The van der Waals surface area contributed by atoms with E-state index in [4.69, 9.17) is 15.0 Å². The summed E-state index contributed by atoms with van der Waals surface area (Å²) in [5.41, 5.74) is -0.620. The molecular formula is C20H15F3N5O3+. The van der Waals surface area contributed by atoms with Gasteiger partial charge in [0.05, 0.1) is 11.8 Å². The maximum absolute atomic E-state index is 12.7. The molecule has 8 nitrogen and oxygen atoms in total. The van der Waals surface area contributed by atoms with Crippen LogP contribution >= 0.6 is 0 Å². The zero-order valence-electron chi connectivity index (χ0n) is 15.7. The van der Waals surface area contributed by atoms with Crippen LogP contribution in [-0.4, -0.2) is 40.4 Å². The Morgan fingerprint density at radius 1 is 1.26 bits per heavy atom. The number of furan rings is 1.